The van der Waals surface area contributed by atoms with Gasteiger partial charge < -0.3 is 10.7 Å². The molecule has 6 nitrogen and oxygen atoms in total. The minimum atomic E-state index is -0.428. The molecule has 0 saturated carbocycles. The first-order valence-corrected chi connectivity index (χ1v) is 9.02. The average Bonchev–Trinajstić information content (AvgIpc) is 3.04. The van der Waals surface area contributed by atoms with Crippen molar-refractivity contribution in [1.29, 1.82) is 0 Å². The van der Waals surface area contributed by atoms with Gasteiger partial charge in [0.2, 0.25) is 5.91 Å². The van der Waals surface area contributed by atoms with Gasteiger partial charge in [0.05, 0.1) is 12.1 Å². The number of primary amides is 1. The Bertz CT molecular complexity index is 930. The highest BCUT2D eigenvalue weighted by Gasteiger charge is 2.11. The molecule has 3 rings (SSSR count). The molecule has 0 bridgehead atoms. The van der Waals surface area contributed by atoms with Crippen molar-refractivity contribution in [3.8, 4) is 0 Å². The maximum Gasteiger partial charge on any atom is 0.268 e. The SMILES string of the molecule is CCCN(Cc1ccc(C(N)=O)cc1)Cc1nc2ccsc2c(=O)[nH]1. The predicted molar refractivity (Wildman–Crippen MR) is 99.6 cm³/mol. The summed E-state index contributed by atoms with van der Waals surface area (Å²) >= 11 is 1.40. The lowest BCUT2D eigenvalue weighted by atomic mass is 10.1. The molecule has 2 heterocycles. The van der Waals surface area contributed by atoms with Crippen LogP contribution in [0.15, 0.2) is 40.5 Å². The maximum absolute atomic E-state index is 12.1. The summed E-state index contributed by atoms with van der Waals surface area (Å²) in [5.74, 6) is 0.237. The quantitative estimate of drug-likeness (QED) is 0.680. The summed E-state index contributed by atoms with van der Waals surface area (Å²) in [5.41, 5.74) is 7.51. The Morgan fingerprint density at radius 3 is 2.68 bits per heavy atom. The van der Waals surface area contributed by atoms with Crippen LogP contribution in [0.4, 0.5) is 0 Å². The lowest BCUT2D eigenvalue weighted by molar-refractivity contribution is 0.100. The summed E-state index contributed by atoms with van der Waals surface area (Å²) in [5, 5.41) is 1.88. The number of hydrogen-bond donors (Lipinski definition) is 2. The van der Waals surface area contributed by atoms with Gasteiger partial charge in [-0.05, 0) is 42.1 Å². The van der Waals surface area contributed by atoms with E-state index in [0.29, 0.717) is 29.2 Å². The smallest absolute Gasteiger partial charge is 0.268 e. The van der Waals surface area contributed by atoms with Crippen molar-refractivity contribution in [2.75, 3.05) is 6.54 Å². The van der Waals surface area contributed by atoms with Gasteiger partial charge >= 0.3 is 0 Å². The van der Waals surface area contributed by atoms with Crippen LogP contribution in [0.3, 0.4) is 0 Å². The zero-order chi connectivity index (χ0) is 17.8. The topological polar surface area (TPSA) is 92.1 Å². The number of aromatic amines is 1. The fraction of sp³-hybridized carbons (Fsp3) is 0.278. The first kappa shape index (κ1) is 17.3. The van der Waals surface area contributed by atoms with Crippen LogP contribution < -0.4 is 11.3 Å². The van der Waals surface area contributed by atoms with E-state index >= 15 is 0 Å². The standard InChI is InChI=1S/C18H20N4O2S/c1-2-8-22(10-12-3-5-13(6-4-12)17(19)23)11-15-20-14-7-9-25-16(14)18(24)21-15/h3-7,9H,2,8,10-11H2,1H3,(H2,19,23)(H,20,21,24). The number of nitrogens with one attached hydrogen (secondary N) is 1. The minimum absolute atomic E-state index is 0.0859. The van der Waals surface area contributed by atoms with Gasteiger partial charge in [-0.25, -0.2) is 4.98 Å². The molecule has 7 heteroatoms. The third kappa shape index (κ3) is 4.12. The summed E-state index contributed by atoms with van der Waals surface area (Å²) in [6, 6.07) is 9.14. The molecule has 3 N–H and O–H groups in total. The molecule has 0 radical (unpaired) electrons. The van der Waals surface area contributed by atoms with Crippen LogP contribution in [0.1, 0.15) is 35.1 Å². The molecule has 0 aliphatic carbocycles. The molecule has 2 aromatic heterocycles. The largest absolute Gasteiger partial charge is 0.366 e. The van der Waals surface area contributed by atoms with Crippen LogP contribution in [0.5, 0.6) is 0 Å². The van der Waals surface area contributed by atoms with Crippen molar-refractivity contribution in [2.24, 2.45) is 5.73 Å². The Balaban J connectivity index is 1.77. The molecule has 3 aromatic rings. The van der Waals surface area contributed by atoms with E-state index in [1.807, 2.05) is 23.6 Å². The van der Waals surface area contributed by atoms with Crippen LogP contribution in [0.25, 0.3) is 10.2 Å². The van der Waals surface area contributed by atoms with Crippen LogP contribution in [-0.2, 0) is 13.1 Å². The molecule has 1 amide bonds. The van der Waals surface area contributed by atoms with Crippen LogP contribution in [0, 0.1) is 0 Å². The lowest BCUT2D eigenvalue weighted by Gasteiger charge is -2.21. The van der Waals surface area contributed by atoms with E-state index in [-0.39, 0.29) is 5.56 Å². The first-order valence-electron chi connectivity index (χ1n) is 8.14. The normalized spacial score (nSPS) is 11.3. The third-order valence-electron chi connectivity index (χ3n) is 3.92. The number of nitrogens with zero attached hydrogens (tertiary/aromatic N) is 2. The predicted octanol–water partition coefficient (Wildman–Crippen LogP) is 2.50. The first-order chi connectivity index (χ1) is 12.1. The van der Waals surface area contributed by atoms with Crippen molar-refractivity contribution in [3.63, 3.8) is 0 Å². The molecule has 25 heavy (non-hydrogen) atoms. The number of H-pyrrole nitrogens is 1. The number of fused-ring (bicyclic) bond motifs is 1. The van der Waals surface area contributed by atoms with Crippen molar-refractivity contribution in [3.05, 3.63) is 63.0 Å². The zero-order valence-corrected chi connectivity index (χ0v) is 14.8. The molecule has 0 saturated heterocycles. The molecule has 0 unspecified atom stereocenters. The van der Waals surface area contributed by atoms with Gasteiger partial charge in [-0.15, -0.1) is 11.3 Å². The van der Waals surface area contributed by atoms with Crippen LogP contribution >= 0.6 is 11.3 Å². The molecular weight excluding hydrogens is 336 g/mol. The summed E-state index contributed by atoms with van der Waals surface area (Å²) in [6.07, 6.45) is 0.990. The number of rotatable bonds is 7. The monoisotopic (exact) mass is 356 g/mol. The third-order valence-corrected chi connectivity index (χ3v) is 4.82. The molecule has 0 aliphatic heterocycles. The van der Waals surface area contributed by atoms with Gasteiger partial charge in [0.1, 0.15) is 10.5 Å². The molecule has 0 fully saturated rings. The van der Waals surface area contributed by atoms with Crippen LogP contribution in [0.2, 0.25) is 0 Å². The molecule has 1 aromatic carbocycles. The van der Waals surface area contributed by atoms with E-state index in [0.717, 1.165) is 24.0 Å². The van der Waals surface area contributed by atoms with E-state index in [9.17, 15) is 9.59 Å². The van der Waals surface area contributed by atoms with E-state index in [1.54, 1.807) is 12.1 Å². The van der Waals surface area contributed by atoms with Crippen molar-refractivity contribution in [2.45, 2.75) is 26.4 Å². The second-order valence-corrected chi connectivity index (χ2v) is 6.84. The molecule has 130 valence electrons. The Kier molecular flexibility index (Phi) is 5.25. The van der Waals surface area contributed by atoms with Gasteiger partial charge in [0.15, 0.2) is 0 Å². The fourth-order valence-electron chi connectivity index (χ4n) is 2.77. The van der Waals surface area contributed by atoms with E-state index < -0.39 is 5.91 Å². The van der Waals surface area contributed by atoms with E-state index in [2.05, 4.69) is 21.8 Å². The second-order valence-electron chi connectivity index (χ2n) is 5.92. The number of aromatic nitrogens is 2. The number of carbonyl (C=O) groups is 1. The molecular formula is C18H20N4O2S. The lowest BCUT2D eigenvalue weighted by Crippen LogP contribution is -2.26. The number of carbonyl (C=O) groups excluding carboxylic acids is 1. The Labute approximate surface area is 149 Å². The minimum Gasteiger partial charge on any atom is -0.366 e. The Hall–Kier alpha value is -2.51. The highest BCUT2D eigenvalue weighted by atomic mass is 32.1. The molecule has 0 aliphatic rings. The highest BCUT2D eigenvalue weighted by molar-refractivity contribution is 7.17. The van der Waals surface area contributed by atoms with E-state index in [1.165, 1.54) is 11.3 Å². The fourth-order valence-corrected chi connectivity index (χ4v) is 3.50. The molecule has 0 spiro atoms. The second kappa shape index (κ2) is 7.58. The van der Waals surface area contributed by atoms with Crippen molar-refractivity contribution >= 4 is 27.5 Å². The van der Waals surface area contributed by atoms with Crippen molar-refractivity contribution in [1.82, 2.24) is 14.9 Å². The number of hydrogen-bond acceptors (Lipinski definition) is 5. The number of benzene rings is 1. The summed E-state index contributed by atoms with van der Waals surface area (Å²) in [6.45, 7) is 4.26. The summed E-state index contributed by atoms with van der Waals surface area (Å²) < 4.78 is 0.660. The van der Waals surface area contributed by atoms with E-state index in [4.69, 9.17) is 5.73 Å². The summed E-state index contributed by atoms with van der Waals surface area (Å²) in [7, 11) is 0. The number of amides is 1. The van der Waals surface area contributed by atoms with Crippen molar-refractivity contribution < 1.29 is 4.79 Å². The number of thiophene rings is 1. The number of nitrogens with two attached hydrogens (primary N) is 1. The van der Waals surface area contributed by atoms with Crippen LogP contribution in [-0.4, -0.2) is 27.3 Å². The average molecular weight is 356 g/mol. The maximum atomic E-state index is 12.1. The van der Waals surface area contributed by atoms with Gasteiger partial charge in [-0.3, -0.25) is 14.5 Å². The highest BCUT2D eigenvalue weighted by Crippen LogP contribution is 2.15. The van der Waals surface area contributed by atoms with Gasteiger partial charge in [0.25, 0.3) is 5.56 Å². The van der Waals surface area contributed by atoms with Gasteiger partial charge in [0, 0.05) is 12.1 Å². The summed E-state index contributed by atoms with van der Waals surface area (Å²) in [4.78, 5) is 32.9. The Morgan fingerprint density at radius 2 is 2.00 bits per heavy atom. The molecule has 0 atom stereocenters. The van der Waals surface area contributed by atoms with Gasteiger partial charge in [-0.1, -0.05) is 19.1 Å². The van der Waals surface area contributed by atoms with Gasteiger partial charge in [-0.2, -0.15) is 0 Å². The zero-order valence-electron chi connectivity index (χ0n) is 14.0. The Morgan fingerprint density at radius 1 is 1.24 bits per heavy atom.